The van der Waals surface area contributed by atoms with Crippen LogP contribution < -0.4 is 5.32 Å². The molecule has 0 saturated heterocycles. The van der Waals surface area contributed by atoms with Gasteiger partial charge in [0.25, 0.3) is 0 Å². The van der Waals surface area contributed by atoms with Crippen LogP contribution in [0.15, 0.2) is 18.2 Å². The van der Waals surface area contributed by atoms with Gasteiger partial charge in [0.15, 0.2) is 9.84 Å². The molecule has 0 saturated carbocycles. The minimum absolute atomic E-state index is 0.551. The minimum Gasteiger partial charge on any atom is -0.325 e. The maximum Gasteiger partial charge on any atom is 0.239 e. The van der Waals surface area contributed by atoms with Gasteiger partial charge in [0.1, 0.15) is 11.5 Å². The molecule has 0 aromatic heterocycles. The van der Waals surface area contributed by atoms with Crippen LogP contribution in [0.5, 0.6) is 0 Å². The monoisotopic (exact) mass is 266 g/mol. The number of carbonyl (C=O) groups excluding carboxylic acids is 1. The van der Waals surface area contributed by atoms with E-state index in [1.54, 1.807) is 12.1 Å². The number of nitrogens with one attached hydrogen (secondary N) is 1. The Morgan fingerprint density at radius 3 is 2.56 bits per heavy atom. The van der Waals surface area contributed by atoms with Gasteiger partial charge in [0.05, 0.1) is 6.07 Å². The summed E-state index contributed by atoms with van der Waals surface area (Å²) in [6, 6.07) is 6.84. The number of anilines is 1. The molecule has 1 aromatic rings. The molecule has 1 aromatic carbocycles. The van der Waals surface area contributed by atoms with Crippen LogP contribution in [0, 0.1) is 25.2 Å². The Morgan fingerprint density at radius 2 is 2.00 bits per heavy atom. The first-order chi connectivity index (χ1) is 8.34. The SMILES string of the molecule is Cc1ccc(NC(=O)CS(=O)(=O)CC#N)cc1C. The van der Waals surface area contributed by atoms with Crippen LogP contribution in [0.2, 0.25) is 0 Å². The molecule has 0 radical (unpaired) electrons. The molecule has 18 heavy (non-hydrogen) atoms. The summed E-state index contributed by atoms with van der Waals surface area (Å²) in [4.78, 5) is 11.5. The first-order valence-electron chi connectivity index (χ1n) is 5.28. The summed E-state index contributed by atoms with van der Waals surface area (Å²) in [6.07, 6.45) is 0. The van der Waals surface area contributed by atoms with Gasteiger partial charge < -0.3 is 5.32 Å². The average molecular weight is 266 g/mol. The molecular formula is C12H14N2O3S. The van der Waals surface area contributed by atoms with Gasteiger partial charge >= 0.3 is 0 Å². The first-order valence-corrected chi connectivity index (χ1v) is 7.10. The molecule has 0 heterocycles. The van der Waals surface area contributed by atoms with Gasteiger partial charge in [-0.2, -0.15) is 5.26 Å². The van der Waals surface area contributed by atoms with E-state index < -0.39 is 27.3 Å². The zero-order valence-electron chi connectivity index (χ0n) is 10.2. The maximum atomic E-state index is 11.5. The van der Waals surface area contributed by atoms with E-state index in [9.17, 15) is 13.2 Å². The van der Waals surface area contributed by atoms with Crippen molar-refractivity contribution in [2.45, 2.75) is 13.8 Å². The van der Waals surface area contributed by atoms with Crippen LogP contribution in [-0.2, 0) is 14.6 Å². The van der Waals surface area contributed by atoms with E-state index >= 15 is 0 Å². The summed E-state index contributed by atoms with van der Waals surface area (Å²) >= 11 is 0. The lowest BCUT2D eigenvalue weighted by atomic mass is 10.1. The lowest BCUT2D eigenvalue weighted by Gasteiger charge is -2.07. The van der Waals surface area contributed by atoms with Crippen molar-refractivity contribution in [3.8, 4) is 6.07 Å². The zero-order chi connectivity index (χ0) is 13.8. The number of hydrogen-bond acceptors (Lipinski definition) is 4. The highest BCUT2D eigenvalue weighted by molar-refractivity contribution is 7.92. The normalized spacial score (nSPS) is 10.7. The zero-order valence-corrected chi connectivity index (χ0v) is 11.0. The van der Waals surface area contributed by atoms with Gasteiger partial charge in [-0.05, 0) is 37.1 Å². The van der Waals surface area contributed by atoms with Crippen LogP contribution in [0.25, 0.3) is 0 Å². The van der Waals surface area contributed by atoms with Crippen LogP contribution in [0.4, 0.5) is 5.69 Å². The number of benzene rings is 1. The van der Waals surface area contributed by atoms with Crippen LogP contribution in [-0.4, -0.2) is 25.8 Å². The summed E-state index contributed by atoms with van der Waals surface area (Å²) < 4.78 is 22.5. The second kappa shape index (κ2) is 5.65. The number of aryl methyl sites for hydroxylation is 2. The van der Waals surface area contributed by atoms with Crippen molar-refractivity contribution < 1.29 is 13.2 Å². The third-order valence-corrected chi connectivity index (χ3v) is 3.70. The summed E-state index contributed by atoms with van der Waals surface area (Å²) in [7, 11) is -3.64. The Kier molecular flexibility index (Phi) is 4.45. The second-order valence-corrected chi connectivity index (χ2v) is 6.10. The maximum absolute atomic E-state index is 11.5. The number of hydrogen-bond donors (Lipinski definition) is 1. The fourth-order valence-corrected chi connectivity index (χ4v) is 2.14. The molecule has 0 aliphatic heterocycles. The number of carbonyl (C=O) groups is 1. The minimum atomic E-state index is -3.64. The van der Waals surface area contributed by atoms with Crippen LogP contribution in [0.3, 0.4) is 0 Å². The Balaban J connectivity index is 2.71. The Morgan fingerprint density at radius 1 is 1.33 bits per heavy atom. The predicted molar refractivity (Wildman–Crippen MR) is 68.8 cm³/mol. The number of nitrogens with zero attached hydrogens (tertiary/aromatic N) is 1. The summed E-state index contributed by atoms with van der Waals surface area (Å²) in [5.41, 5.74) is 2.65. The fourth-order valence-electron chi connectivity index (χ4n) is 1.37. The van der Waals surface area contributed by atoms with Gasteiger partial charge in [-0.25, -0.2) is 8.42 Å². The predicted octanol–water partition coefficient (Wildman–Crippen LogP) is 1.18. The molecule has 6 heteroatoms. The van der Waals surface area contributed by atoms with Crippen molar-refractivity contribution in [3.05, 3.63) is 29.3 Å². The number of nitriles is 1. The molecule has 0 atom stereocenters. The van der Waals surface area contributed by atoms with Gasteiger partial charge in [-0.3, -0.25) is 4.79 Å². The van der Waals surface area contributed by atoms with Crippen molar-refractivity contribution in [3.63, 3.8) is 0 Å². The largest absolute Gasteiger partial charge is 0.325 e. The van der Waals surface area contributed by atoms with Gasteiger partial charge in [0, 0.05) is 5.69 Å². The van der Waals surface area contributed by atoms with E-state index in [1.165, 1.54) is 6.07 Å². The summed E-state index contributed by atoms with van der Waals surface area (Å²) in [5.74, 6) is -1.95. The molecular weight excluding hydrogens is 252 g/mol. The standard InChI is InChI=1S/C12H14N2O3S/c1-9-3-4-11(7-10(9)2)14-12(15)8-18(16,17)6-5-13/h3-4,7H,6,8H2,1-2H3,(H,14,15). The molecule has 1 N–H and O–H groups in total. The number of amides is 1. The van der Waals surface area contributed by atoms with Gasteiger partial charge in [-0.15, -0.1) is 0 Å². The average Bonchev–Trinajstić information content (AvgIpc) is 2.22. The van der Waals surface area contributed by atoms with E-state index in [1.807, 2.05) is 19.9 Å². The Hall–Kier alpha value is -1.87. The molecule has 0 aliphatic carbocycles. The van der Waals surface area contributed by atoms with E-state index in [2.05, 4.69) is 5.32 Å². The van der Waals surface area contributed by atoms with Crippen molar-refractivity contribution >= 4 is 21.4 Å². The molecule has 0 spiro atoms. The smallest absolute Gasteiger partial charge is 0.239 e. The van der Waals surface area contributed by atoms with Gasteiger partial charge in [0.2, 0.25) is 5.91 Å². The fraction of sp³-hybridized carbons (Fsp3) is 0.333. The molecule has 96 valence electrons. The summed E-state index contributed by atoms with van der Waals surface area (Å²) in [5, 5.41) is 10.8. The highest BCUT2D eigenvalue weighted by atomic mass is 32.2. The van der Waals surface area contributed by atoms with Crippen molar-refractivity contribution in [1.29, 1.82) is 5.26 Å². The van der Waals surface area contributed by atoms with Crippen molar-refractivity contribution in [1.82, 2.24) is 0 Å². The number of sulfone groups is 1. The van der Waals surface area contributed by atoms with E-state index in [0.29, 0.717) is 5.69 Å². The Labute approximate surface area is 106 Å². The van der Waals surface area contributed by atoms with Crippen LogP contribution >= 0.6 is 0 Å². The molecule has 0 unspecified atom stereocenters. The molecule has 5 nitrogen and oxygen atoms in total. The third-order valence-electron chi connectivity index (χ3n) is 2.43. The molecule has 0 aliphatic rings. The van der Waals surface area contributed by atoms with Gasteiger partial charge in [-0.1, -0.05) is 6.07 Å². The highest BCUT2D eigenvalue weighted by Gasteiger charge is 2.16. The molecule has 1 rings (SSSR count). The second-order valence-electron chi connectivity index (χ2n) is 4.04. The lowest BCUT2D eigenvalue weighted by Crippen LogP contribution is -2.24. The lowest BCUT2D eigenvalue weighted by molar-refractivity contribution is -0.113. The first kappa shape index (κ1) is 14.2. The van der Waals surface area contributed by atoms with Crippen LogP contribution in [0.1, 0.15) is 11.1 Å². The van der Waals surface area contributed by atoms with E-state index in [-0.39, 0.29) is 0 Å². The highest BCUT2D eigenvalue weighted by Crippen LogP contribution is 2.14. The topological polar surface area (TPSA) is 87.0 Å². The quantitative estimate of drug-likeness (QED) is 0.886. The van der Waals surface area contributed by atoms with E-state index in [4.69, 9.17) is 5.26 Å². The van der Waals surface area contributed by atoms with E-state index in [0.717, 1.165) is 11.1 Å². The number of rotatable bonds is 4. The van der Waals surface area contributed by atoms with Crippen molar-refractivity contribution in [2.24, 2.45) is 0 Å². The summed E-state index contributed by atoms with van der Waals surface area (Å²) in [6.45, 7) is 3.84. The van der Waals surface area contributed by atoms with Crippen molar-refractivity contribution in [2.75, 3.05) is 16.8 Å². The molecule has 0 bridgehead atoms. The molecule has 1 amide bonds. The Bertz CT molecular complexity index is 600. The third kappa shape index (κ3) is 4.18. The molecule has 0 fully saturated rings.